The lowest BCUT2D eigenvalue weighted by Crippen LogP contribution is -2.17. The van der Waals surface area contributed by atoms with Gasteiger partial charge < -0.3 is 4.90 Å². The van der Waals surface area contributed by atoms with E-state index in [-0.39, 0.29) is 0 Å². The van der Waals surface area contributed by atoms with Crippen LogP contribution in [-0.2, 0) is 13.0 Å². The highest BCUT2D eigenvalue weighted by Gasteiger charge is 2.11. The van der Waals surface area contributed by atoms with Crippen LogP contribution in [0.4, 0.5) is 0 Å². The Morgan fingerprint density at radius 2 is 2.42 bits per heavy atom. The number of aromatic nitrogens is 2. The summed E-state index contributed by atoms with van der Waals surface area (Å²) in [4.78, 5) is 10.6. The van der Waals surface area contributed by atoms with Gasteiger partial charge >= 0.3 is 0 Å². The molecular weight excluding hydrogens is 150 g/mol. The Hall–Kier alpha value is -0.960. The molecule has 0 N–H and O–H groups in total. The van der Waals surface area contributed by atoms with Gasteiger partial charge in [0.2, 0.25) is 0 Å². The lowest BCUT2D eigenvalue weighted by Gasteiger charge is -2.11. The molecule has 0 unspecified atom stereocenters. The van der Waals surface area contributed by atoms with Gasteiger partial charge in [-0.25, -0.2) is 9.97 Å². The molecule has 1 aromatic rings. The van der Waals surface area contributed by atoms with Gasteiger partial charge in [-0.2, -0.15) is 0 Å². The molecule has 0 bridgehead atoms. The molecule has 1 aliphatic heterocycles. The van der Waals surface area contributed by atoms with Gasteiger partial charge in [-0.3, -0.25) is 0 Å². The summed E-state index contributed by atoms with van der Waals surface area (Å²) in [6.07, 6.45) is 5.89. The van der Waals surface area contributed by atoms with E-state index in [0.717, 1.165) is 19.5 Å². The smallest absolute Gasteiger partial charge is 0.115 e. The SMILES string of the molecule is CN1CCCc2ncncc2C1. The molecule has 2 heterocycles. The Morgan fingerprint density at radius 3 is 3.33 bits per heavy atom. The van der Waals surface area contributed by atoms with Crippen molar-refractivity contribution in [3.8, 4) is 0 Å². The molecular formula is C9H13N3. The van der Waals surface area contributed by atoms with Gasteiger partial charge in [0.05, 0.1) is 0 Å². The average Bonchev–Trinajstić information content (AvgIpc) is 2.25. The fourth-order valence-corrected chi connectivity index (χ4v) is 1.63. The highest BCUT2D eigenvalue weighted by Crippen LogP contribution is 2.13. The van der Waals surface area contributed by atoms with Crippen molar-refractivity contribution in [1.82, 2.24) is 14.9 Å². The van der Waals surface area contributed by atoms with Crippen molar-refractivity contribution in [3.63, 3.8) is 0 Å². The minimum atomic E-state index is 0.996. The summed E-state index contributed by atoms with van der Waals surface area (Å²) in [7, 11) is 2.14. The maximum absolute atomic E-state index is 4.28. The van der Waals surface area contributed by atoms with Crippen LogP contribution in [0.15, 0.2) is 12.5 Å². The van der Waals surface area contributed by atoms with Crippen molar-refractivity contribution < 1.29 is 0 Å². The Morgan fingerprint density at radius 1 is 1.50 bits per heavy atom. The summed E-state index contributed by atoms with van der Waals surface area (Å²) in [6, 6.07) is 0. The Labute approximate surface area is 72.4 Å². The highest BCUT2D eigenvalue weighted by atomic mass is 15.1. The number of nitrogens with zero attached hydrogens (tertiary/aromatic N) is 3. The third-order valence-electron chi connectivity index (χ3n) is 2.27. The summed E-state index contributed by atoms with van der Waals surface area (Å²) in [5.74, 6) is 0. The third-order valence-corrected chi connectivity index (χ3v) is 2.27. The Balaban J connectivity index is 2.31. The molecule has 3 heteroatoms. The lowest BCUT2D eigenvalue weighted by atomic mass is 10.2. The second-order valence-electron chi connectivity index (χ2n) is 3.34. The molecule has 0 saturated heterocycles. The fraction of sp³-hybridized carbons (Fsp3) is 0.556. The molecule has 0 atom stereocenters. The molecule has 0 aliphatic carbocycles. The molecule has 64 valence electrons. The van der Waals surface area contributed by atoms with Crippen LogP contribution in [0, 0.1) is 0 Å². The third kappa shape index (κ3) is 1.46. The first kappa shape index (κ1) is 7.68. The second kappa shape index (κ2) is 3.19. The van der Waals surface area contributed by atoms with Crippen LogP contribution in [0.2, 0.25) is 0 Å². The summed E-state index contributed by atoms with van der Waals surface area (Å²) >= 11 is 0. The molecule has 1 aromatic heterocycles. The van der Waals surface area contributed by atoms with Crippen molar-refractivity contribution in [2.45, 2.75) is 19.4 Å². The average molecular weight is 163 g/mol. The Bertz CT molecular complexity index is 272. The monoisotopic (exact) mass is 163 g/mol. The van der Waals surface area contributed by atoms with Crippen LogP contribution in [0.5, 0.6) is 0 Å². The van der Waals surface area contributed by atoms with E-state index < -0.39 is 0 Å². The summed E-state index contributed by atoms with van der Waals surface area (Å²) in [5, 5.41) is 0. The molecule has 0 spiro atoms. The number of hydrogen-bond donors (Lipinski definition) is 0. The van der Waals surface area contributed by atoms with Crippen molar-refractivity contribution in [3.05, 3.63) is 23.8 Å². The van der Waals surface area contributed by atoms with Crippen LogP contribution in [-0.4, -0.2) is 28.5 Å². The largest absolute Gasteiger partial charge is 0.302 e. The molecule has 1 aliphatic rings. The second-order valence-corrected chi connectivity index (χ2v) is 3.34. The molecule has 0 saturated carbocycles. The number of rotatable bonds is 0. The van der Waals surface area contributed by atoms with E-state index in [1.165, 1.54) is 17.7 Å². The van der Waals surface area contributed by atoms with E-state index in [9.17, 15) is 0 Å². The molecule has 0 aromatic carbocycles. The molecule has 2 rings (SSSR count). The van der Waals surface area contributed by atoms with E-state index in [1.54, 1.807) is 6.33 Å². The van der Waals surface area contributed by atoms with Crippen LogP contribution in [0.25, 0.3) is 0 Å². The van der Waals surface area contributed by atoms with E-state index in [1.807, 2.05) is 6.20 Å². The topological polar surface area (TPSA) is 29.0 Å². The van der Waals surface area contributed by atoms with Crippen LogP contribution >= 0.6 is 0 Å². The van der Waals surface area contributed by atoms with Gasteiger partial charge in [-0.05, 0) is 26.4 Å². The first-order valence-corrected chi connectivity index (χ1v) is 4.32. The van der Waals surface area contributed by atoms with Crippen LogP contribution in [0.3, 0.4) is 0 Å². The maximum Gasteiger partial charge on any atom is 0.115 e. The van der Waals surface area contributed by atoms with Gasteiger partial charge in [0.25, 0.3) is 0 Å². The standard InChI is InChI=1S/C9H13N3/c1-12-4-2-3-9-8(6-12)5-10-7-11-9/h5,7H,2-4,6H2,1H3. The number of fused-ring (bicyclic) bond motifs is 1. The quantitative estimate of drug-likeness (QED) is 0.568. The summed E-state index contributed by atoms with van der Waals surface area (Å²) < 4.78 is 0. The molecule has 0 radical (unpaired) electrons. The van der Waals surface area contributed by atoms with Crippen molar-refractivity contribution in [2.75, 3.05) is 13.6 Å². The molecule has 0 fully saturated rings. The molecule has 0 amide bonds. The fourth-order valence-electron chi connectivity index (χ4n) is 1.63. The maximum atomic E-state index is 4.28. The van der Waals surface area contributed by atoms with Gasteiger partial charge in [-0.1, -0.05) is 0 Å². The van der Waals surface area contributed by atoms with Crippen LogP contribution in [0.1, 0.15) is 17.7 Å². The van der Waals surface area contributed by atoms with Gasteiger partial charge in [0.15, 0.2) is 0 Å². The van der Waals surface area contributed by atoms with E-state index >= 15 is 0 Å². The predicted molar refractivity (Wildman–Crippen MR) is 46.7 cm³/mol. The zero-order chi connectivity index (χ0) is 8.39. The Kier molecular flexibility index (Phi) is 2.04. The van der Waals surface area contributed by atoms with Crippen molar-refractivity contribution in [2.24, 2.45) is 0 Å². The highest BCUT2D eigenvalue weighted by molar-refractivity contribution is 5.16. The normalized spacial score (nSPS) is 18.4. The van der Waals surface area contributed by atoms with E-state index in [2.05, 4.69) is 21.9 Å². The van der Waals surface area contributed by atoms with Gasteiger partial charge in [-0.15, -0.1) is 0 Å². The minimum Gasteiger partial charge on any atom is -0.302 e. The predicted octanol–water partition coefficient (Wildman–Crippen LogP) is 0.855. The van der Waals surface area contributed by atoms with Crippen molar-refractivity contribution >= 4 is 0 Å². The van der Waals surface area contributed by atoms with E-state index in [4.69, 9.17) is 0 Å². The van der Waals surface area contributed by atoms with Crippen LogP contribution < -0.4 is 0 Å². The summed E-state index contributed by atoms with van der Waals surface area (Å²) in [5.41, 5.74) is 2.52. The zero-order valence-electron chi connectivity index (χ0n) is 7.32. The first-order chi connectivity index (χ1) is 5.86. The lowest BCUT2D eigenvalue weighted by molar-refractivity contribution is 0.332. The molecule has 12 heavy (non-hydrogen) atoms. The number of aryl methyl sites for hydroxylation is 1. The first-order valence-electron chi connectivity index (χ1n) is 4.32. The minimum absolute atomic E-state index is 0.996. The summed E-state index contributed by atoms with van der Waals surface area (Å²) in [6.45, 7) is 2.16. The van der Waals surface area contributed by atoms with Gasteiger partial charge in [0, 0.05) is 24.0 Å². The molecule has 3 nitrogen and oxygen atoms in total. The zero-order valence-corrected chi connectivity index (χ0v) is 7.32. The van der Waals surface area contributed by atoms with Crippen molar-refractivity contribution in [1.29, 1.82) is 0 Å². The van der Waals surface area contributed by atoms with Gasteiger partial charge in [0.1, 0.15) is 6.33 Å². The van der Waals surface area contributed by atoms with E-state index in [0.29, 0.717) is 0 Å². The number of hydrogen-bond acceptors (Lipinski definition) is 3.